The van der Waals surface area contributed by atoms with E-state index < -0.39 is 11.6 Å². The lowest BCUT2D eigenvalue weighted by atomic mass is 10.1. The van der Waals surface area contributed by atoms with Crippen molar-refractivity contribution in [3.05, 3.63) is 111 Å². The lowest BCUT2D eigenvalue weighted by molar-refractivity contribution is 0.00651. The molecule has 0 aromatic heterocycles. The first-order valence-electron chi connectivity index (χ1n) is 11.2. The Kier molecular flexibility index (Phi) is 9.10. The van der Waals surface area contributed by atoms with Gasteiger partial charge in [0.15, 0.2) is 0 Å². The van der Waals surface area contributed by atoms with Gasteiger partial charge in [0.2, 0.25) is 0 Å². The normalized spacial score (nSPS) is 14.9. The summed E-state index contributed by atoms with van der Waals surface area (Å²) in [6.07, 6.45) is 3.57. The van der Waals surface area contributed by atoms with Crippen molar-refractivity contribution in [2.45, 2.75) is 25.1 Å². The molecule has 35 heavy (non-hydrogen) atoms. The zero-order valence-electron chi connectivity index (χ0n) is 19.2. The molecule has 0 fully saturated rings. The van der Waals surface area contributed by atoms with Crippen LogP contribution in [0.25, 0.3) is 0 Å². The Morgan fingerprint density at radius 3 is 2.31 bits per heavy atom. The van der Waals surface area contributed by atoms with E-state index in [-0.39, 0.29) is 6.61 Å². The highest BCUT2D eigenvalue weighted by Gasteiger charge is 2.29. The molecule has 0 radical (unpaired) electrons. The molecule has 0 aliphatic carbocycles. The van der Waals surface area contributed by atoms with Crippen molar-refractivity contribution in [3.63, 3.8) is 0 Å². The first-order chi connectivity index (χ1) is 16.9. The van der Waals surface area contributed by atoms with Crippen molar-refractivity contribution in [3.8, 4) is 5.75 Å². The van der Waals surface area contributed by atoms with Gasteiger partial charge in [-0.15, -0.1) is 0 Å². The zero-order valence-corrected chi connectivity index (χ0v) is 22.2. The van der Waals surface area contributed by atoms with Crippen LogP contribution in [0.3, 0.4) is 0 Å². The molecule has 1 heterocycles. The van der Waals surface area contributed by atoms with E-state index in [9.17, 15) is 0 Å². The number of aryl methyl sites for hydroxylation is 1. The van der Waals surface area contributed by atoms with Crippen molar-refractivity contribution in [2.24, 2.45) is 0 Å². The Morgan fingerprint density at radius 1 is 0.886 bits per heavy atom. The fraction of sp³-hybridized carbons (Fsp3) is 0.259. The summed E-state index contributed by atoms with van der Waals surface area (Å²) in [4.78, 5) is 4.19. The molecule has 0 amide bonds. The minimum atomic E-state index is -0.457. The first-order valence-corrected chi connectivity index (χ1v) is 12.8. The van der Waals surface area contributed by atoms with Gasteiger partial charge in [-0.1, -0.05) is 82.3 Å². The van der Waals surface area contributed by atoms with Crippen LogP contribution in [0.2, 0.25) is 15.1 Å². The van der Waals surface area contributed by atoms with Crippen molar-refractivity contribution >= 4 is 46.4 Å². The lowest BCUT2D eigenvalue weighted by Gasteiger charge is -2.31. The van der Waals surface area contributed by atoms with E-state index in [0.717, 1.165) is 23.4 Å². The number of hydrogen-bond donors (Lipinski definition) is 0. The molecule has 3 aromatic carbocycles. The summed E-state index contributed by atoms with van der Waals surface area (Å²) in [5.41, 5.74) is 2.51. The molecule has 0 spiro atoms. The van der Waals surface area contributed by atoms with Gasteiger partial charge < -0.3 is 19.3 Å². The zero-order chi connectivity index (χ0) is 24.8. The molecule has 1 aliphatic rings. The monoisotopic (exact) mass is 550 g/mol. The average molecular weight is 552 g/mol. The number of hydrogen-bond acceptors (Lipinski definition) is 4. The van der Waals surface area contributed by atoms with Crippen LogP contribution in [0.5, 0.6) is 5.75 Å². The Hall–Kier alpha value is -2.08. The second-order valence-corrected chi connectivity index (χ2v) is 10.0. The summed E-state index contributed by atoms with van der Waals surface area (Å²) in [6.45, 7) is 4.28. The highest BCUT2D eigenvalue weighted by atomic mass is 35.5. The minimum Gasteiger partial charge on any atom is -0.492 e. The summed E-state index contributed by atoms with van der Waals surface area (Å²) >= 11 is 25.5. The van der Waals surface area contributed by atoms with E-state index in [2.05, 4.69) is 11.8 Å². The SMILES string of the molecule is Cc1ccc(OCCN2C=CN(C(Cl)C(OCc3ccc(Cl)cc3Cl)c3ccc(Cl)cc3)C2)cc1. The number of nitrogens with zero attached hydrogens (tertiary/aromatic N) is 2. The lowest BCUT2D eigenvalue weighted by Crippen LogP contribution is -2.36. The molecule has 2 atom stereocenters. The van der Waals surface area contributed by atoms with Crippen LogP contribution in [0.1, 0.15) is 22.8 Å². The molecule has 0 bridgehead atoms. The predicted molar refractivity (Wildman–Crippen MR) is 144 cm³/mol. The quantitative estimate of drug-likeness (QED) is 0.189. The topological polar surface area (TPSA) is 24.9 Å². The number of alkyl halides is 1. The summed E-state index contributed by atoms with van der Waals surface area (Å²) in [5.74, 6) is 0.864. The minimum absolute atomic E-state index is 0.290. The van der Waals surface area contributed by atoms with Crippen LogP contribution >= 0.6 is 46.4 Å². The second kappa shape index (κ2) is 12.2. The van der Waals surface area contributed by atoms with Crippen molar-refractivity contribution in [1.82, 2.24) is 9.80 Å². The van der Waals surface area contributed by atoms with Crippen LogP contribution in [-0.4, -0.2) is 35.1 Å². The predicted octanol–water partition coefficient (Wildman–Crippen LogP) is 7.90. The third-order valence-corrected chi connectivity index (χ3v) is 7.00. The largest absolute Gasteiger partial charge is 0.492 e. The van der Waals surface area contributed by atoms with Gasteiger partial charge in [0.25, 0.3) is 0 Å². The Balaban J connectivity index is 1.38. The van der Waals surface area contributed by atoms with E-state index in [1.54, 1.807) is 12.1 Å². The Bertz CT molecular complexity index is 1140. The van der Waals surface area contributed by atoms with Crippen LogP contribution in [0.4, 0.5) is 0 Å². The molecule has 184 valence electrons. The third kappa shape index (κ3) is 7.22. The number of rotatable bonds is 10. The van der Waals surface area contributed by atoms with Crippen LogP contribution in [0, 0.1) is 6.92 Å². The van der Waals surface area contributed by atoms with Crippen LogP contribution in [-0.2, 0) is 11.3 Å². The van der Waals surface area contributed by atoms with Gasteiger partial charge in [0.1, 0.15) is 24.0 Å². The second-order valence-electron chi connectivity index (χ2n) is 8.32. The maximum atomic E-state index is 6.97. The fourth-order valence-corrected chi connectivity index (χ4v) is 4.62. The van der Waals surface area contributed by atoms with Gasteiger partial charge in [-0.25, -0.2) is 0 Å². The van der Waals surface area contributed by atoms with E-state index >= 15 is 0 Å². The number of ether oxygens (including phenoxy) is 2. The molecular weight excluding hydrogens is 526 g/mol. The molecule has 4 rings (SSSR count). The molecule has 0 saturated carbocycles. The van der Waals surface area contributed by atoms with Crippen molar-refractivity contribution < 1.29 is 9.47 Å². The van der Waals surface area contributed by atoms with Gasteiger partial charge in [-0.05, 0) is 54.4 Å². The summed E-state index contributed by atoms with van der Waals surface area (Å²) in [6, 6.07) is 20.9. The molecule has 0 saturated heterocycles. The summed E-state index contributed by atoms with van der Waals surface area (Å²) < 4.78 is 12.2. The highest BCUT2D eigenvalue weighted by Crippen LogP contribution is 2.32. The van der Waals surface area contributed by atoms with Crippen molar-refractivity contribution in [1.29, 1.82) is 0 Å². The van der Waals surface area contributed by atoms with E-state index in [1.165, 1.54) is 5.56 Å². The van der Waals surface area contributed by atoms with Gasteiger partial charge in [-0.2, -0.15) is 0 Å². The average Bonchev–Trinajstić information content (AvgIpc) is 3.31. The Morgan fingerprint density at radius 2 is 1.60 bits per heavy atom. The molecule has 8 heteroatoms. The maximum Gasteiger partial charge on any atom is 0.135 e. The molecular formula is C27H26Cl4N2O2. The molecule has 0 N–H and O–H groups in total. The molecule has 1 aliphatic heterocycles. The fourth-order valence-electron chi connectivity index (χ4n) is 3.68. The van der Waals surface area contributed by atoms with Gasteiger partial charge in [0.05, 0.1) is 19.8 Å². The molecule has 2 unspecified atom stereocenters. The molecule has 4 nitrogen and oxygen atoms in total. The maximum absolute atomic E-state index is 6.97. The van der Waals surface area contributed by atoms with Gasteiger partial charge in [0, 0.05) is 27.5 Å². The Labute approximate surface area is 226 Å². The summed E-state index contributed by atoms with van der Waals surface area (Å²) in [5, 5.41) is 1.79. The third-order valence-electron chi connectivity index (χ3n) is 5.68. The van der Waals surface area contributed by atoms with Crippen molar-refractivity contribution in [2.75, 3.05) is 19.8 Å². The van der Waals surface area contributed by atoms with E-state index in [0.29, 0.717) is 28.3 Å². The first kappa shape index (κ1) is 26.0. The van der Waals surface area contributed by atoms with E-state index in [4.69, 9.17) is 55.9 Å². The van der Waals surface area contributed by atoms with Crippen LogP contribution in [0.15, 0.2) is 79.1 Å². The number of halogens is 4. The highest BCUT2D eigenvalue weighted by molar-refractivity contribution is 6.35. The smallest absolute Gasteiger partial charge is 0.135 e. The van der Waals surface area contributed by atoms with Gasteiger partial charge in [-0.3, -0.25) is 0 Å². The van der Waals surface area contributed by atoms with E-state index in [1.807, 2.05) is 71.9 Å². The van der Waals surface area contributed by atoms with Crippen LogP contribution < -0.4 is 4.74 Å². The van der Waals surface area contributed by atoms with Gasteiger partial charge >= 0.3 is 0 Å². The summed E-state index contributed by atoms with van der Waals surface area (Å²) in [7, 11) is 0. The number of benzene rings is 3. The standard InChI is InChI=1S/C27H26Cl4N2O2/c1-19-2-10-24(11-3-19)34-15-14-32-12-13-33(18-32)27(31)26(20-4-7-22(28)8-5-20)35-17-21-6-9-23(29)16-25(21)30/h2-13,16,26-27H,14-15,17-18H2,1H3. The molecule has 3 aromatic rings.